The summed E-state index contributed by atoms with van der Waals surface area (Å²) in [4.78, 5) is 35.2. The molecule has 23 heavy (non-hydrogen) atoms. The monoisotopic (exact) mass is 323 g/mol. The van der Waals surface area contributed by atoms with Crippen molar-refractivity contribution in [2.75, 3.05) is 7.05 Å². The molecule has 0 aliphatic rings. The fourth-order valence-electron chi connectivity index (χ4n) is 1.62. The number of carbonyl (C=O) groups excluding carboxylic acids is 2. The third-order valence-electron chi connectivity index (χ3n) is 2.62. The van der Waals surface area contributed by atoms with Crippen LogP contribution in [-0.2, 0) is 11.3 Å². The molecule has 0 saturated heterocycles. The van der Waals surface area contributed by atoms with Crippen molar-refractivity contribution in [2.24, 2.45) is 0 Å². The standard InChI is InChI=1S/C15H21N3O5/c1-15(2,3)23-14(22)18(4)9-10-5-7-11(8-6-10)12(19)16-17-13(20)21/h5-8,17H,9H2,1-4H3,(H,16,19)(H,20,21). The van der Waals surface area contributed by atoms with Crippen molar-refractivity contribution in [3.8, 4) is 0 Å². The van der Waals surface area contributed by atoms with E-state index in [4.69, 9.17) is 9.84 Å². The minimum Gasteiger partial charge on any atom is -0.464 e. The summed E-state index contributed by atoms with van der Waals surface area (Å²) in [6.07, 6.45) is -1.79. The van der Waals surface area contributed by atoms with Gasteiger partial charge in [-0.25, -0.2) is 15.0 Å². The lowest BCUT2D eigenvalue weighted by Crippen LogP contribution is -2.40. The molecule has 0 heterocycles. The zero-order valence-electron chi connectivity index (χ0n) is 13.5. The number of carbonyl (C=O) groups is 3. The van der Waals surface area contributed by atoms with Gasteiger partial charge < -0.3 is 14.7 Å². The van der Waals surface area contributed by atoms with Crippen molar-refractivity contribution >= 4 is 18.1 Å². The molecule has 1 aromatic rings. The van der Waals surface area contributed by atoms with Gasteiger partial charge in [0.2, 0.25) is 0 Å². The van der Waals surface area contributed by atoms with Gasteiger partial charge in [0.15, 0.2) is 0 Å². The molecule has 0 saturated carbocycles. The maximum absolute atomic E-state index is 11.9. The molecule has 126 valence electrons. The second-order valence-electron chi connectivity index (χ2n) is 5.92. The Hall–Kier alpha value is -2.77. The quantitative estimate of drug-likeness (QED) is 0.737. The van der Waals surface area contributed by atoms with Crippen LogP contribution in [0.15, 0.2) is 24.3 Å². The van der Waals surface area contributed by atoms with E-state index in [0.29, 0.717) is 12.1 Å². The van der Waals surface area contributed by atoms with Crippen molar-refractivity contribution in [1.82, 2.24) is 15.8 Å². The van der Waals surface area contributed by atoms with Crippen LogP contribution in [0.1, 0.15) is 36.7 Å². The largest absolute Gasteiger partial charge is 0.464 e. The van der Waals surface area contributed by atoms with Crippen LogP contribution in [0.2, 0.25) is 0 Å². The maximum Gasteiger partial charge on any atom is 0.423 e. The summed E-state index contributed by atoms with van der Waals surface area (Å²) in [5, 5.41) is 8.41. The highest BCUT2D eigenvalue weighted by molar-refractivity contribution is 5.94. The number of benzene rings is 1. The van der Waals surface area contributed by atoms with Crippen molar-refractivity contribution in [3.63, 3.8) is 0 Å². The van der Waals surface area contributed by atoms with Gasteiger partial charge in [-0.05, 0) is 38.5 Å². The number of hydrogen-bond acceptors (Lipinski definition) is 4. The van der Waals surface area contributed by atoms with Crippen LogP contribution in [0.3, 0.4) is 0 Å². The van der Waals surface area contributed by atoms with Crippen LogP contribution < -0.4 is 10.9 Å². The average Bonchev–Trinajstić information content (AvgIpc) is 2.43. The highest BCUT2D eigenvalue weighted by Gasteiger charge is 2.19. The summed E-state index contributed by atoms with van der Waals surface area (Å²) in [5.74, 6) is -0.570. The number of nitrogens with zero attached hydrogens (tertiary/aromatic N) is 1. The Labute approximate surface area is 134 Å². The van der Waals surface area contributed by atoms with E-state index >= 15 is 0 Å². The molecule has 0 spiro atoms. The lowest BCUT2D eigenvalue weighted by molar-refractivity contribution is 0.0285. The van der Waals surface area contributed by atoms with Crippen LogP contribution in [0.4, 0.5) is 9.59 Å². The molecule has 3 amide bonds. The van der Waals surface area contributed by atoms with Gasteiger partial charge >= 0.3 is 12.2 Å². The third-order valence-corrected chi connectivity index (χ3v) is 2.62. The topological polar surface area (TPSA) is 108 Å². The Morgan fingerprint density at radius 2 is 1.70 bits per heavy atom. The molecular weight excluding hydrogens is 302 g/mol. The summed E-state index contributed by atoms with van der Waals surface area (Å²) >= 11 is 0. The first-order valence-corrected chi connectivity index (χ1v) is 6.91. The van der Waals surface area contributed by atoms with Crippen molar-refractivity contribution in [1.29, 1.82) is 0 Å². The van der Waals surface area contributed by atoms with Gasteiger partial charge in [0.05, 0.1) is 0 Å². The first kappa shape index (κ1) is 18.3. The third kappa shape index (κ3) is 6.68. The zero-order chi connectivity index (χ0) is 17.6. The summed E-state index contributed by atoms with van der Waals surface area (Å²) in [7, 11) is 1.62. The summed E-state index contributed by atoms with van der Waals surface area (Å²) in [6.45, 7) is 5.69. The minimum atomic E-state index is -1.35. The van der Waals surface area contributed by atoms with Crippen molar-refractivity contribution in [2.45, 2.75) is 32.9 Å². The van der Waals surface area contributed by atoms with E-state index in [9.17, 15) is 14.4 Å². The van der Waals surface area contributed by atoms with Crippen LogP contribution in [-0.4, -0.2) is 40.7 Å². The highest BCUT2D eigenvalue weighted by atomic mass is 16.6. The minimum absolute atomic E-state index is 0.294. The molecular formula is C15H21N3O5. The smallest absolute Gasteiger partial charge is 0.423 e. The van der Waals surface area contributed by atoms with Gasteiger partial charge in [-0.15, -0.1) is 0 Å². The molecule has 0 aliphatic heterocycles. The molecule has 3 N–H and O–H groups in total. The molecule has 0 fully saturated rings. The first-order chi connectivity index (χ1) is 10.6. The Kier molecular flexibility index (Phi) is 5.94. The molecule has 0 aliphatic carbocycles. The molecule has 0 atom stereocenters. The molecule has 0 bridgehead atoms. The van der Waals surface area contributed by atoms with E-state index < -0.39 is 23.7 Å². The molecule has 0 unspecified atom stereocenters. The van der Waals surface area contributed by atoms with E-state index in [-0.39, 0.29) is 0 Å². The second-order valence-corrected chi connectivity index (χ2v) is 5.92. The van der Waals surface area contributed by atoms with E-state index in [0.717, 1.165) is 5.56 Å². The predicted octanol–water partition coefficient (Wildman–Crippen LogP) is 1.97. The van der Waals surface area contributed by atoms with Gasteiger partial charge in [0.1, 0.15) is 5.60 Å². The highest BCUT2D eigenvalue weighted by Crippen LogP contribution is 2.12. The number of amides is 3. The van der Waals surface area contributed by atoms with Crippen molar-refractivity contribution < 1.29 is 24.2 Å². The molecule has 1 aromatic carbocycles. The summed E-state index contributed by atoms with van der Waals surface area (Å²) in [6, 6.07) is 6.43. The van der Waals surface area contributed by atoms with E-state index in [2.05, 4.69) is 0 Å². The Balaban J connectivity index is 2.61. The van der Waals surface area contributed by atoms with Crippen LogP contribution in [0.25, 0.3) is 0 Å². The fourth-order valence-corrected chi connectivity index (χ4v) is 1.62. The van der Waals surface area contributed by atoms with Gasteiger partial charge in [-0.2, -0.15) is 0 Å². The van der Waals surface area contributed by atoms with E-state index in [1.165, 1.54) is 17.0 Å². The molecule has 0 aromatic heterocycles. The molecule has 1 rings (SSSR count). The lowest BCUT2D eigenvalue weighted by atomic mass is 10.1. The van der Waals surface area contributed by atoms with Gasteiger partial charge in [-0.3, -0.25) is 10.2 Å². The van der Waals surface area contributed by atoms with E-state index in [1.54, 1.807) is 45.4 Å². The number of rotatable bonds is 3. The molecule has 8 heteroatoms. The number of carboxylic acid groups (broad SMARTS) is 1. The maximum atomic E-state index is 11.9. The average molecular weight is 323 g/mol. The van der Waals surface area contributed by atoms with Crippen LogP contribution in [0, 0.1) is 0 Å². The molecule has 0 radical (unpaired) electrons. The Morgan fingerprint density at radius 1 is 1.13 bits per heavy atom. The van der Waals surface area contributed by atoms with Gasteiger partial charge in [-0.1, -0.05) is 12.1 Å². The fraction of sp³-hybridized carbons (Fsp3) is 0.400. The van der Waals surface area contributed by atoms with Crippen LogP contribution >= 0.6 is 0 Å². The number of hydrazine groups is 1. The summed E-state index contributed by atoms with van der Waals surface area (Å²) in [5.41, 5.74) is 4.34. The van der Waals surface area contributed by atoms with Gasteiger partial charge in [0, 0.05) is 19.2 Å². The summed E-state index contributed by atoms with van der Waals surface area (Å²) < 4.78 is 5.25. The number of ether oxygens (including phenoxy) is 1. The Bertz CT molecular complexity index is 578. The predicted molar refractivity (Wildman–Crippen MR) is 82.8 cm³/mol. The number of nitrogens with one attached hydrogen (secondary N) is 2. The molecule has 8 nitrogen and oxygen atoms in total. The Morgan fingerprint density at radius 3 is 2.17 bits per heavy atom. The second kappa shape index (κ2) is 7.48. The number of hydrogen-bond donors (Lipinski definition) is 3. The van der Waals surface area contributed by atoms with E-state index in [1.807, 2.05) is 5.43 Å². The SMILES string of the molecule is CN(Cc1ccc(C(=O)NNC(=O)O)cc1)C(=O)OC(C)(C)C. The van der Waals surface area contributed by atoms with Gasteiger partial charge in [0.25, 0.3) is 5.91 Å². The first-order valence-electron chi connectivity index (χ1n) is 6.91. The zero-order valence-corrected chi connectivity index (χ0v) is 13.5. The van der Waals surface area contributed by atoms with Crippen molar-refractivity contribution in [3.05, 3.63) is 35.4 Å². The normalized spacial score (nSPS) is 10.6. The van der Waals surface area contributed by atoms with Crippen LogP contribution in [0.5, 0.6) is 0 Å². The lowest BCUT2D eigenvalue weighted by Gasteiger charge is -2.24.